The summed E-state index contributed by atoms with van der Waals surface area (Å²) in [5.41, 5.74) is 1.10. The number of hydrogen-bond acceptors (Lipinski definition) is 4. The molecule has 0 aromatic heterocycles. The van der Waals surface area contributed by atoms with Crippen LogP contribution in [0.3, 0.4) is 0 Å². The zero-order valence-corrected chi connectivity index (χ0v) is 18.1. The zero-order valence-electron chi connectivity index (χ0n) is 16.6. The standard InChI is InChI=1S/C21H24Cl2N2O4/c1-4-9-25(13-20(26)24-18-12-15(22)5-7-17(18)23)21(27)11-14-10-16(28-2)6-8-19(14)29-3/h5-8,10,12H,4,9,11,13H2,1-3H3,(H,24,26). The molecule has 0 aliphatic heterocycles. The van der Waals surface area contributed by atoms with E-state index in [9.17, 15) is 9.59 Å². The Morgan fingerprint density at radius 1 is 1.07 bits per heavy atom. The molecule has 0 atom stereocenters. The van der Waals surface area contributed by atoms with Gasteiger partial charge in [-0.05, 0) is 42.8 Å². The van der Waals surface area contributed by atoms with Crippen LogP contribution in [0.5, 0.6) is 11.5 Å². The molecule has 2 amide bonds. The molecule has 0 fully saturated rings. The van der Waals surface area contributed by atoms with E-state index in [1.807, 2.05) is 6.92 Å². The Morgan fingerprint density at radius 3 is 2.48 bits per heavy atom. The van der Waals surface area contributed by atoms with E-state index in [2.05, 4.69) is 5.32 Å². The van der Waals surface area contributed by atoms with Crippen LogP contribution in [0, 0.1) is 0 Å². The van der Waals surface area contributed by atoms with Crippen molar-refractivity contribution in [3.8, 4) is 11.5 Å². The first-order chi connectivity index (χ1) is 13.9. The van der Waals surface area contributed by atoms with Crippen LogP contribution in [0.1, 0.15) is 18.9 Å². The monoisotopic (exact) mass is 438 g/mol. The number of benzene rings is 2. The summed E-state index contributed by atoms with van der Waals surface area (Å²) < 4.78 is 10.6. The number of amides is 2. The molecule has 2 rings (SSSR count). The molecule has 0 saturated heterocycles. The first-order valence-electron chi connectivity index (χ1n) is 9.11. The topological polar surface area (TPSA) is 67.9 Å². The lowest BCUT2D eigenvalue weighted by atomic mass is 10.1. The van der Waals surface area contributed by atoms with E-state index in [1.165, 1.54) is 4.90 Å². The Balaban J connectivity index is 2.11. The normalized spacial score (nSPS) is 10.4. The van der Waals surface area contributed by atoms with Gasteiger partial charge in [0.25, 0.3) is 0 Å². The smallest absolute Gasteiger partial charge is 0.244 e. The summed E-state index contributed by atoms with van der Waals surface area (Å²) in [7, 11) is 3.10. The maximum Gasteiger partial charge on any atom is 0.244 e. The van der Waals surface area contributed by atoms with Crippen molar-refractivity contribution in [1.82, 2.24) is 4.90 Å². The van der Waals surface area contributed by atoms with Gasteiger partial charge in [0.1, 0.15) is 11.5 Å². The third-order valence-corrected chi connectivity index (χ3v) is 4.78. The second-order valence-electron chi connectivity index (χ2n) is 6.34. The second-order valence-corrected chi connectivity index (χ2v) is 7.19. The number of carbonyl (C=O) groups excluding carboxylic acids is 2. The molecule has 0 heterocycles. The first-order valence-corrected chi connectivity index (χ1v) is 9.87. The van der Waals surface area contributed by atoms with Gasteiger partial charge in [-0.3, -0.25) is 9.59 Å². The van der Waals surface area contributed by atoms with Crippen molar-refractivity contribution in [1.29, 1.82) is 0 Å². The van der Waals surface area contributed by atoms with Crippen LogP contribution < -0.4 is 14.8 Å². The lowest BCUT2D eigenvalue weighted by Crippen LogP contribution is -2.39. The number of halogens is 2. The highest BCUT2D eigenvalue weighted by Crippen LogP contribution is 2.26. The third kappa shape index (κ3) is 6.54. The number of methoxy groups -OCH3 is 2. The molecule has 2 aromatic rings. The Morgan fingerprint density at radius 2 is 1.83 bits per heavy atom. The molecule has 0 aliphatic carbocycles. The number of hydrogen-bond donors (Lipinski definition) is 1. The van der Waals surface area contributed by atoms with E-state index in [4.69, 9.17) is 32.7 Å². The van der Waals surface area contributed by atoms with Crippen LogP contribution in [0.25, 0.3) is 0 Å². The van der Waals surface area contributed by atoms with Crippen molar-refractivity contribution in [2.45, 2.75) is 19.8 Å². The minimum Gasteiger partial charge on any atom is -0.497 e. The number of carbonyl (C=O) groups is 2. The molecule has 1 N–H and O–H groups in total. The predicted molar refractivity (Wildman–Crippen MR) is 115 cm³/mol. The van der Waals surface area contributed by atoms with Gasteiger partial charge >= 0.3 is 0 Å². The van der Waals surface area contributed by atoms with Crippen LogP contribution >= 0.6 is 23.2 Å². The van der Waals surface area contributed by atoms with E-state index in [1.54, 1.807) is 50.6 Å². The predicted octanol–water partition coefficient (Wildman–Crippen LogP) is 4.43. The number of rotatable bonds is 9. The van der Waals surface area contributed by atoms with Gasteiger partial charge in [0, 0.05) is 17.1 Å². The second kappa shape index (κ2) is 10.9. The van der Waals surface area contributed by atoms with E-state index in [0.29, 0.717) is 45.8 Å². The van der Waals surface area contributed by atoms with E-state index >= 15 is 0 Å². The molecule has 0 unspecified atom stereocenters. The van der Waals surface area contributed by atoms with Crippen LogP contribution in [-0.4, -0.2) is 44.0 Å². The summed E-state index contributed by atoms with van der Waals surface area (Å²) in [5.74, 6) is 0.675. The van der Waals surface area contributed by atoms with Crippen molar-refractivity contribution in [2.75, 3.05) is 32.6 Å². The van der Waals surface area contributed by atoms with Gasteiger partial charge in [0.2, 0.25) is 11.8 Å². The van der Waals surface area contributed by atoms with Gasteiger partial charge in [-0.2, -0.15) is 0 Å². The van der Waals surface area contributed by atoms with Crippen LogP contribution in [0.15, 0.2) is 36.4 Å². The number of nitrogens with one attached hydrogen (secondary N) is 1. The highest BCUT2D eigenvalue weighted by atomic mass is 35.5. The van der Waals surface area contributed by atoms with Crippen molar-refractivity contribution in [3.05, 3.63) is 52.0 Å². The highest BCUT2D eigenvalue weighted by molar-refractivity contribution is 6.35. The fourth-order valence-electron chi connectivity index (χ4n) is 2.81. The minimum absolute atomic E-state index is 0.0889. The fraction of sp³-hybridized carbons (Fsp3) is 0.333. The summed E-state index contributed by atoms with van der Waals surface area (Å²) in [5, 5.41) is 3.53. The Kier molecular flexibility index (Phi) is 8.61. The minimum atomic E-state index is -0.353. The Hall–Kier alpha value is -2.44. The molecule has 8 heteroatoms. The van der Waals surface area contributed by atoms with E-state index in [-0.39, 0.29) is 24.8 Å². The molecule has 0 spiro atoms. The van der Waals surface area contributed by atoms with Crippen LogP contribution in [0.2, 0.25) is 10.0 Å². The van der Waals surface area contributed by atoms with Crippen molar-refractivity contribution < 1.29 is 19.1 Å². The van der Waals surface area contributed by atoms with Crippen molar-refractivity contribution >= 4 is 40.7 Å². The molecule has 6 nitrogen and oxygen atoms in total. The summed E-state index contributed by atoms with van der Waals surface area (Å²) in [6, 6.07) is 10.1. The summed E-state index contributed by atoms with van der Waals surface area (Å²) >= 11 is 12.0. The SMILES string of the molecule is CCCN(CC(=O)Nc1cc(Cl)ccc1Cl)C(=O)Cc1cc(OC)ccc1OC. The van der Waals surface area contributed by atoms with Crippen LogP contribution in [-0.2, 0) is 16.0 Å². The highest BCUT2D eigenvalue weighted by Gasteiger charge is 2.19. The zero-order chi connectivity index (χ0) is 21.4. The molecule has 2 aromatic carbocycles. The molecular formula is C21H24Cl2N2O4. The van der Waals surface area contributed by atoms with E-state index < -0.39 is 0 Å². The van der Waals surface area contributed by atoms with Gasteiger partial charge in [0.05, 0.1) is 37.9 Å². The molecule has 0 bridgehead atoms. The Labute approximate surface area is 180 Å². The van der Waals surface area contributed by atoms with Gasteiger partial charge < -0.3 is 19.7 Å². The first kappa shape index (κ1) is 22.8. The summed E-state index contributed by atoms with van der Waals surface area (Å²) in [6.45, 7) is 2.29. The van der Waals surface area contributed by atoms with Crippen LogP contribution in [0.4, 0.5) is 5.69 Å². The van der Waals surface area contributed by atoms with Crippen molar-refractivity contribution in [3.63, 3.8) is 0 Å². The fourth-order valence-corrected chi connectivity index (χ4v) is 3.15. The van der Waals surface area contributed by atoms with E-state index in [0.717, 1.165) is 0 Å². The molecule has 0 radical (unpaired) electrons. The average Bonchev–Trinajstić information content (AvgIpc) is 2.70. The molecule has 0 aliphatic rings. The quantitative estimate of drug-likeness (QED) is 0.628. The Bertz CT molecular complexity index is 874. The van der Waals surface area contributed by atoms with Gasteiger partial charge in [0.15, 0.2) is 0 Å². The summed E-state index contributed by atoms with van der Waals surface area (Å²) in [4.78, 5) is 26.9. The lowest BCUT2D eigenvalue weighted by Gasteiger charge is -2.22. The van der Waals surface area contributed by atoms with Gasteiger partial charge in [-0.25, -0.2) is 0 Å². The number of nitrogens with zero attached hydrogens (tertiary/aromatic N) is 1. The molecule has 0 saturated carbocycles. The number of ether oxygens (including phenoxy) is 2. The molecular weight excluding hydrogens is 415 g/mol. The third-order valence-electron chi connectivity index (χ3n) is 4.21. The van der Waals surface area contributed by atoms with Gasteiger partial charge in [-0.1, -0.05) is 30.1 Å². The maximum atomic E-state index is 12.9. The summed E-state index contributed by atoms with van der Waals surface area (Å²) in [6.07, 6.45) is 0.803. The largest absolute Gasteiger partial charge is 0.497 e. The number of anilines is 1. The molecule has 156 valence electrons. The maximum absolute atomic E-state index is 12.9. The molecule has 29 heavy (non-hydrogen) atoms. The average molecular weight is 439 g/mol. The lowest BCUT2D eigenvalue weighted by molar-refractivity contribution is -0.134. The van der Waals surface area contributed by atoms with Gasteiger partial charge in [-0.15, -0.1) is 0 Å². The van der Waals surface area contributed by atoms with Crippen molar-refractivity contribution in [2.24, 2.45) is 0 Å².